The summed E-state index contributed by atoms with van der Waals surface area (Å²) < 4.78 is 3.40. The lowest BCUT2D eigenvalue weighted by Crippen LogP contribution is -2.29. The van der Waals surface area contributed by atoms with Gasteiger partial charge in [0.25, 0.3) is 0 Å². The summed E-state index contributed by atoms with van der Waals surface area (Å²) in [4.78, 5) is 2.51. The molecule has 0 aliphatic heterocycles. The monoisotopic (exact) mass is 353 g/mol. The fraction of sp³-hybridized carbons (Fsp3) is 0.824. The zero-order valence-electron chi connectivity index (χ0n) is 13.6. The summed E-state index contributed by atoms with van der Waals surface area (Å²) in [6.07, 6.45) is 6.97. The van der Waals surface area contributed by atoms with Crippen LogP contribution in [0.15, 0.2) is 4.47 Å². The van der Waals surface area contributed by atoms with Crippen LogP contribution < -0.4 is 0 Å². The van der Waals surface area contributed by atoms with Crippen molar-refractivity contribution in [3.63, 3.8) is 0 Å². The van der Waals surface area contributed by atoms with E-state index in [1.54, 1.807) is 0 Å². The van der Waals surface area contributed by atoms with Crippen LogP contribution in [0.4, 0.5) is 0 Å². The quantitative estimate of drug-likeness (QED) is 0.767. The Morgan fingerprint density at radius 3 is 2.67 bits per heavy atom. The maximum absolute atomic E-state index is 4.71. The standard InChI is InChI=1S/C17H28BrN3/c1-4-15-17(18)16(21(5-2)19-15)11-20(3)10-14-9-12-6-7-13(14)8-12/h12-14H,4-11H2,1-3H3. The van der Waals surface area contributed by atoms with Crippen molar-refractivity contribution in [2.75, 3.05) is 13.6 Å². The van der Waals surface area contributed by atoms with Gasteiger partial charge in [-0.25, -0.2) is 0 Å². The van der Waals surface area contributed by atoms with Crippen molar-refractivity contribution in [1.29, 1.82) is 0 Å². The molecule has 21 heavy (non-hydrogen) atoms. The lowest BCUT2D eigenvalue weighted by atomic mass is 9.88. The van der Waals surface area contributed by atoms with E-state index in [2.05, 4.69) is 46.4 Å². The van der Waals surface area contributed by atoms with E-state index in [0.29, 0.717) is 0 Å². The first-order chi connectivity index (χ1) is 10.1. The second-order valence-electron chi connectivity index (χ2n) is 7.01. The summed E-state index contributed by atoms with van der Waals surface area (Å²) in [5.41, 5.74) is 2.54. The molecule has 3 nitrogen and oxygen atoms in total. The third kappa shape index (κ3) is 3.07. The van der Waals surface area contributed by atoms with Crippen LogP contribution in [0.3, 0.4) is 0 Å². The van der Waals surface area contributed by atoms with E-state index in [1.165, 1.54) is 48.1 Å². The Morgan fingerprint density at radius 1 is 1.29 bits per heavy atom. The van der Waals surface area contributed by atoms with Crippen molar-refractivity contribution < 1.29 is 0 Å². The fourth-order valence-corrected chi connectivity index (χ4v) is 5.18. The Balaban J connectivity index is 1.64. The lowest BCUT2D eigenvalue weighted by Gasteiger charge is -2.27. The molecule has 3 unspecified atom stereocenters. The van der Waals surface area contributed by atoms with Crippen LogP contribution in [0.25, 0.3) is 0 Å². The molecule has 1 heterocycles. The number of hydrogen-bond donors (Lipinski definition) is 0. The highest BCUT2D eigenvalue weighted by molar-refractivity contribution is 9.10. The van der Waals surface area contributed by atoms with Gasteiger partial charge in [0.15, 0.2) is 0 Å². The molecule has 2 aliphatic rings. The minimum absolute atomic E-state index is 0.941. The molecule has 2 fully saturated rings. The Bertz CT molecular complexity index is 496. The van der Waals surface area contributed by atoms with Crippen molar-refractivity contribution in [3.05, 3.63) is 15.9 Å². The molecule has 0 aromatic carbocycles. The van der Waals surface area contributed by atoms with Crippen LogP contribution in [-0.2, 0) is 19.5 Å². The van der Waals surface area contributed by atoms with Crippen molar-refractivity contribution in [2.24, 2.45) is 17.8 Å². The van der Waals surface area contributed by atoms with Gasteiger partial charge < -0.3 is 4.90 Å². The number of aryl methyl sites for hydroxylation is 2. The van der Waals surface area contributed by atoms with Gasteiger partial charge >= 0.3 is 0 Å². The molecule has 1 aromatic heterocycles. The maximum atomic E-state index is 4.71. The SMILES string of the molecule is CCc1nn(CC)c(CN(C)CC2CC3CCC2C3)c1Br. The number of halogens is 1. The molecule has 0 spiro atoms. The Kier molecular flexibility index (Phi) is 4.75. The highest BCUT2D eigenvalue weighted by Crippen LogP contribution is 2.48. The van der Waals surface area contributed by atoms with Crippen molar-refractivity contribution in [1.82, 2.24) is 14.7 Å². The van der Waals surface area contributed by atoms with E-state index in [1.807, 2.05) is 0 Å². The minimum Gasteiger partial charge on any atom is -0.300 e. The van der Waals surface area contributed by atoms with E-state index in [4.69, 9.17) is 5.10 Å². The van der Waals surface area contributed by atoms with Gasteiger partial charge in [-0.05, 0) is 73.3 Å². The first kappa shape index (κ1) is 15.5. The molecule has 4 heteroatoms. The van der Waals surface area contributed by atoms with Gasteiger partial charge in [0.1, 0.15) is 0 Å². The molecule has 2 saturated carbocycles. The normalized spacial score (nSPS) is 28.0. The van der Waals surface area contributed by atoms with Gasteiger partial charge in [0, 0.05) is 19.6 Å². The molecule has 0 saturated heterocycles. The summed E-state index contributed by atoms with van der Waals surface area (Å²) in [7, 11) is 2.27. The van der Waals surface area contributed by atoms with Gasteiger partial charge in [0.2, 0.25) is 0 Å². The lowest BCUT2D eigenvalue weighted by molar-refractivity contribution is 0.210. The number of fused-ring (bicyclic) bond motifs is 2. The molecule has 0 N–H and O–H groups in total. The van der Waals surface area contributed by atoms with Gasteiger partial charge in [-0.3, -0.25) is 4.68 Å². The van der Waals surface area contributed by atoms with Crippen molar-refractivity contribution in [3.8, 4) is 0 Å². The molecule has 3 atom stereocenters. The fourth-order valence-electron chi connectivity index (χ4n) is 4.49. The average molecular weight is 354 g/mol. The van der Waals surface area contributed by atoms with Gasteiger partial charge in [-0.2, -0.15) is 5.10 Å². The average Bonchev–Trinajstić information content (AvgIpc) is 3.15. The molecular weight excluding hydrogens is 326 g/mol. The largest absolute Gasteiger partial charge is 0.300 e. The molecule has 2 aliphatic carbocycles. The molecule has 118 valence electrons. The van der Waals surface area contributed by atoms with Gasteiger partial charge in [-0.1, -0.05) is 13.3 Å². The summed E-state index contributed by atoms with van der Waals surface area (Å²) in [6, 6.07) is 0. The molecule has 0 radical (unpaired) electrons. The van der Waals surface area contributed by atoms with Crippen LogP contribution in [0.1, 0.15) is 50.9 Å². The Morgan fingerprint density at radius 2 is 2.10 bits per heavy atom. The third-order valence-electron chi connectivity index (χ3n) is 5.54. The van der Waals surface area contributed by atoms with Crippen LogP contribution in [0, 0.1) is 17.8 Å². The van der Waals surface area contributed by atoms with E-state index in [0.717, 1.165) is 37.3 Å². The molecule has 1 aromatic rings. The van der Waals surface area contributed by atoms with E-state index >= 15 is 0 Å². The predicted octanol–water partition coefficient (Wildman–Crippen LogP) is 4.10. The van der Waals surface area contributed by atoms with Crippen LogP contribution >= 0.6 is 15.9 Å². The topological polar surface area (TPSA) is 21.1 Å². The number of hydrogen-bond acceptors (Lipinski definition) is 2. The second kappa shape index (κ2) is 6.41. The summed E-state index contributed by atoms with van der Waals surface area (Å²) in [5, 5.41) is 4.71. The third-order valence-corrected chi connectivity index (χ3v) is 6.46. The molecule has 3 rings (SSSR count). The Hall–Kier alpha value is -0.350. The molecule has 0 amide bonds. The van der Waals surface area contributed by atoms with Gasteiger partial charge in [-0.15, -0.1) is 0 Å². The Labute approximate surface area is 137 Å². The zero-order valence-corrected chi connectivity index (χ0v) is 15.2. The molecule has 2 bridgehead atoms. The highest BCUT2D eigenvalue weighted by atomic mass is 79.9. The van der Waals surface area contributed by atoms with Crippen LogP contribution in [-0.4, -0.2) is 28.3 Å². The predicted molar refractivity (Wildman–Crippen MR) is 90.3 cm³/mol. The second-order valence-corrected chi connectivity index (χ2v) is 7.80. The minimum atomic E-state index is 0.941. The highest BCUT2D eigenvalue weighted by Gasteiger charge is 2.39. The van der Waals surface area contributed by atoms with Crippen LogP contribution in [0.2, 0.25) is 0 Å². The first-order valence-electron chi connectivity index (χ1n) is 8.54. The zero-order chi connectivity index (χ0) is 15.0. The van der Waals surface area contributed by atoms with Gasteiger partial charge in [0.05, 0.1) is 15.9 Å². The molecular formula is C17H28BrN3. The van der Waals surface area contributed by atoms with Crippen molar-refractivity contribution in [2.45, 2.75) is 59.0 Å². The summed E-state index contributed by atoms with van der Waals surface area (Å²) in [5.74, 6) is 3.01. The van der Waals surface area contributed by atoms with E-state index in [-0.39, 0.29) is 0 Å². The van der Waals surface area contributed by atoms with Crippen molar-refractivity contribution >= 4 is 15.9 Å². The maximum Gasteiger partial charge on any atom is 0.0767 e. The summed E-state index contributed by atoms with van der Waals surface area (Å²) in [6.45, 7) is 7.57. The first-order valence-corrected chi connectivity index (χ1v) is 9.34. The van der Waals surface area contributed by atoms with E-state index < -0.39 is 0 Å². The number of aromatic nitrogens is 2. The van der Waals surface area contributed by atoms with Crippen LogP contribution in [0.5, 0.6) is 0 Å². The summed E-state index contributed by atoms with van der Waals surface area (Å²) >= 11 is 3.77. The van der Waals surface area contributed by atoms with E-state index in [9.17, 15) is 0 Å². The smallest absolute Gasteiger partial charge is 0.0767 e. The number of nitrogens with zero attached hydrogens (tertiary/aromatic N) is 3. The number of rotatable bonds is 6.